The summed E-state index contributed by atoms with van der Waals surface area (Å²) in [6.45, 7) is 6.18. The van der Waals surface area contributed by atoms with Crippen molar-refractivity contribution in [3.8, 4) is 0 Å². The normalized spacial score (nSPS) is 12.6. The van der Waals surface area contributed by atoms with Crippen LogP contribution >= 0.6 is 0 Å². The average Bonchev–Trinajstić information content (AvgIpc) is 2.71. The summed E-state index contributed by atoms with van der Waals surface area (Å²) in [7, 11) is 0. The fourth-order valence-corrected chi connectivity index (χ4v) is 2.50. The van der Waals surface area contributed by atoms with E-state index in [2.05, 4.69) is 25.9 Å². The SMILES string of the molecule is CC(C)Nc1cc(C(=N)/C=C\Nc2ccncc2)ncc1C(=O)NCC(F)C(C)(C)O. The van der Waals surface area contributed by atoms with Crippen molar-refractivity contribution in [1.82, 2.24) is 15.3 Å². The largest absolute Gasteiger partial charge is 0.387 e. The number of carbonyl (C=O) groups excluding carboxylic acids is 1. The first-order valence-electron chi connectivity index (χ1n) is 9.91. The van der Waals surface area contributed by atoms with Gasteiger partial charge in [0.25, 0.3) is 5.91 Å². The molecule has 2 heterocycles. The Balaban J connectivity index is 2.14. The maximum atomic E-state index is 14.0. The molecule has 166 valence electrons. The number of rotatable bonds is 10. The molecule has 9 heteroatoms. The summed E-state index contributed by atoms with van der Waals surface area (Å²) in [6.07, 6.45) is 6.22. The number of amides is 1. The first-order valence-corrected chi connectivity index (χ1v) is 9.91. The van der Waals surface area contributed by atoms with Crippen LogP contribution < -0.4 is 16.0 Å². The highest BCUT2D eigenvalue weighted by Gasteiger charge is 2.27. The lowest BCUT2D eigenvalue weighted by molar-refractivity contribution is -0.00177. The lowest BCUT2D eigenvalue weighted by Crippen LogP contribution is -2.42. The summed E-state index contributed by atoms with van der Waals surface area (Å²) in [5.41, 5.74) is 0.501. The molecule has 31 heavy (non-hydrogen) atoms. The van der Waals surface area contributed by atoms with Crippen LogP contribution in [0.3, 0.4) is 0 Å². The van der Waals surface area contributed by atoms with Crippen molar-refractivity contribution in [2.45, 2.75) is 45.5 Å². The summed E-state index contributed by atoms with van der Waals surface area (Å²) in [5.74, 6) is -0.518. The molecule has 2 aromatic rings. The Morgan fingerprint density at radius 3 is 2.61 bits per heavy atom. The number of aromatic nitrogens is 2. The molecule has 1 amide bonds. The summed E-state index contributed by atoms with van der Waals surface area (Å²) >= 11 is 0. The van der Waals surface area contributed by atoms with Gasteiger partial charge in [-0.15, -0.1) is 0 Å². The molecule has 0 radical (unpaired) electrons. The van der Waals surface area contributed by atoms with E-state index >= 15 is 0 Å². The quantitative estimate of drug-likeness (QED) is 0.371. The Labute approximate surface area is 181 Å². The predicted molar refractivity (Wildman–Crippen MR) is 120 cm³/mol. The maximum Gasteiger partial charge on any atom is 0.255 e. The topological polar surface area (TPSA) is 123 Å². The Morgan fingerprint density at radius 2 is 2.00 bits per heavy atom. The molecule has 1 atom stereocenters. The molecule has 1 unspecified atom stereocenters. The molecule has 2 rings (SSSR count). The van der Waals surface area contributed by atoms with Gasteiger partial charge in [0.2, 0.25) is 0 Å². The van der Waals surface area contributed by atoms with Gasteiger partial charge in [-0.3, -0.25) is 20.2 Å². The molecule has 0 bridgehead atoms. The Kier molecular flexibility index (Phi) is 8.21. The van der Waals surface area contributed by atoms with Gasteiger partial charge in [-0.1, -0.05) is 0 Å². The smallest absolute Gasteiger partial charge is 0.255 e. The minimum Gasteiger partial charge on any atom is -0.387 e. The van der Waals surface area contributed by atoms with E-state index in [-0.39, 0.29) is 23.9 Å². The fourth-order valence-electron chi connectivity index (χ4n) is 2.50. The summed E-state index contributed by atoms with van der Waals surface area (Å²) in [6, 6.07) is 5.22. The Morgan fingerprint density at radius 1 is 1.32 bits per heavy atom. The number of carbonyl (C=O) groups is 1. The molecule has 2 aromatic heterocycles. The number of hydrogen-bond donors (Lipinski definition) is 5. The fraction of sp³-hybridized carbons (Fsp3) is 0.364. The lowest BCUT2D eigenvalue weighted by Gasteiger charge is -2.23. The highest BCUT2D eigenvalue weighted by molar-refractivity contribution is 6.07. The molecule has 0 fully saturated rings. The van der Waals surface area contributed by atoms with Crippen LogP contribution in [0.25, 0.3) is 0 Å². The molecular weight excluding hydrogens is 399 g/mol. The molecule has 8 nitrogen and oxygen atoms in total. The maximum absolute atomic E-state index is 14.0. The van der Waals surface area contributed by atoms with Crippen LogP contribution in [-0.2, 0) is 0 Å². The van der Waals surface area contributed by atoms with E-state index in [1.807, 2.05) is 13.8 Å². The van der Waals surface area contributed by atoms with Gasteiger partial charge in [0.15, 0.2) is 0 Å². The number of hydrogen-bond acceptors (Lipinski definition) is 7. The average molecular weight is 429 g/mol. The highest BCUT2D eigenvalue weighted by atomic mass is 19.1. The minimum absolute atomic E-state index is 0.0187. The van der Waals surface area contributed by atoms with E-state index in [4.69, 9.17) is 5.41 Å². The summed E-state index contributed by atoms with van der Waals surface area (Å²) in [5, 5.41) is 26.6. The van der Waals surface area contributed by atoms with E-state index in [1.165, 1.54) is 20.0 Å². The minimum atomic E-state index is -1.61. The summed E-state index contributed by atoms with van der Waals surface area (Å²) in [4.78, 5) is 20.7. The number of allylic oxidation sites excluding steroid dienone is 1. The molecular formula is C22H29FN6O2. The number of aliphatic hydroxyl groups is 1. The van der Waals surface area contributed by atoms with Crippen LogP contribution in [0, 0.1) is 5.41 Å². The van der Waals surface area contributed by atoms with Crippen LogP contribution in [0.4, 0.5) is 15.8 Å². The van der Waals surface area contributed by atoms with Crippen molar-refractivity contribution in [3.05, 3.63) is 60.3 Å². The molecule has 0 aliphatic rings. The zero-order valence-corrected chi connectivity index (χ0v) is 18.1. The van der Waals surface area contributed by atoms with Gasteiger partial charge < -0.3 is 21.1 Å². The number of nitrogens with one attached hydrogen (secondary N) is 4. The number of nitrogens with zero attached hydrogens (tertiary/aromatic N) is 2. The molecule has 0 saturated heterocycles. The van der Waals surface area contributed by atoms with Crippen molar-refractivity contribution in [2.24, 2.45) is 0 Å². The van der Waals surface area contributed by atoms with Crippen molar-refractivity contribution in [1.29, 1.82) is 5.41 Å². The van der Waals surface area contributed by atoms with Crippen molar-refractivity contribution < 1.29 is 14.3 Å². The van der Waals surface area contributed by atoms with Crippen molar-refractivity contribution in [2.75, 3.05) is 17.2 Å². The second kappa shape index (κ2) is 10.6. The molecule has 5 N–H and O–H groups in total. The van der Waals surface area contributed by atoms with Crippen LogP contribution in [0.5, 0.6) is 0 Å². The van der Waals surface area contributed by atoms with E-state index in [0.29, 0.717) is 11.4 Å². The Bertz CT molecular complexity index is 925. The van der Waals surface area contributed by atoms with Crippen molar-refractivity contribution in [3.63, 3.8) is 0 Å². The first kappa shape index (κ1) is 23.9. The second-order valence-corrected chi connectivity index (χ2v) is 7.87. The third-order valence-corrected chi connectivity index (χ3v) is 4.26. The van der Waals surface area contributed by atoms with Gasteiger partial charge in [0.05, 0.1) is 34.8 Å². The predicted octanol–water partition coefficient (Wildman–Crippen LogP) is 3.13. The van der Waals surface area contributed by atoms with Crippen molar-refractivity contribution >= 4 is 23.0 Å². The van der Waals surface area contributed by atoms with Crippen LogP contribution in [0.2, 0.25) is 0 Å². The molecule has 0 saturated carbocycles. The highest BCUT2D eigenvalue weighted by Crippen LogP contribution is 2.19. The van der Waals surface area contributed by atoms with Gasteiger partial charge in [-0.25, -0.2) is 4.39 Å². The monoisotopic (exact) mass is 428 g/mol. The zero-order valence-electron chi connectivity index (χ0n) is 18.1. The van der Waals surface area contributed by atoms with Gasteiger partial charge in [-0.2, -0.15) is 0 Å². The third kappa shape index (κ3) is 7.45. The van der Waals surface area contributed by atoms with Gasteiger partial charge >= 0.3 is 0 Å². The molecule has 0 aliphatic carbocycles. The number of pyridine rings is 2. The zero-order chi connectivity index (χ0) is 23.0. The van der Waals surface area contributed by atoms with E-state index in [9.17, 15) is 14.3 Å². The third-order valence-electron chi connectivity index (χ3n) is 4.26. The van der Waals surface area contributed by atoms with Crippen LogP contribution in [0.1, 0.15) is 43.7 Å². The van der Waals surface area contributed by atoms with Crippen LogP contribution in [-0.4, -0.2) is 51.1 Å². The standard InChI is InChI=1S/C22H29FN6O2/c1-14(2)29-18-11-19(17(24)7-10-26-15-5-8-25-9-6-15)27-12-16(18)21(30)28-13-20(23)22(3,4)31/h5-12,14,20,24,31H,13H2,1-4H3,(H,25,26)(H,27,29)(H,28,30)/b10-7-,24-17?. The molecule has 0 aliphatic heterocycles. The molecule has 0 aromatic carbocycles. The van der Waals surface area contributed by atoms with Gasteiger partial charge in [0, 0.05) is 36.5 Å². The van der Waals surface area contributed by atoms with Crippen LogP contribution in [0.15, 0.2) is 49.1 Å². The van der Waals surface area contributed by atoms with E-state index in [0.717, 1.165) is 5.69 Å². The Hall–Kier alpha value is -3.33. The number of alkyl halides is 1. The van der Waals surface area contributed by atoms with Gasteiger partial charge in [-0.05, 0) is 52.0 Å². The van der Waals surface area contributed by atoms with E-state index < -0.39 is 17.7 Å². The number of halogens is 1. The van der Waals surface area contributed by atoms with E-state index in [1.54, 1.807) is 42.9 Å². The summed E-state index contributed by atoms with van der Waals surface area (Å²) < 4.78 is 14.0. The van der Waals surface area contributed by atoms with Gasteiger partial charge in [0.1, 0.15) is 6.17 Å². The lowest BCUT2D eigenvalue weighted by atomic mass is 10.0. The first-order chi connectivity index (χ1) is 14.6. The number of anilines is 2. The second-order valence-electron chi connectivity index (χ2n) is 7.87. The molecule has 0 spiro atoms.